The molecule has 0 radical (unpaired) electrons. The van der Waals surface area contributed by atoms with Gasteiger partial charge in [0.05, 0.1) is 0 Å². The second-order valence-electron chi connectivity index (χ2n) is 5.76. The third kappa shape index (κ3) is 3.72. The van der Waals surface area contributed by atoms with Crippen molar-refractivity contribution in [3.05, 3.63) is 47.8 Å². The van der Waals surface area contributed by atoms with Crippen molar-refractivity contribution >= 4 is 11.6 Å². The van der Waals surface area contributed by atoms with Crippen LogP contribution in [0.1, 0.15) is 37.1 Å². The molecule has 4 nitrogen and oxygen atoms in total. The molecule has 1 atom stereocenters. The van der Waals surface area contributed by atoms with E-state index in [0.29, 0.717) is 12.0 Å². The van der Waals surface area contributed by atoms with Gasteiger partial charge < -0.3 is 10.6 Å². The van der Waals surface area contributed by atoms with Gasteiger partial charge in [0, 0.05) is 25.1 Å². The van der Waals surface area contributed by atoms with Gasteiger partial charge >= 0.3 is 0 Å². The van der Waals surface area contributed by atoms with E-state index in [1.807, 2.05) is 19.2 Å². The van der Waals surface area contributed by atoms with Gasteiger partial charge in [-0.3, -0.25) is 0 Å². The first kappa shape index (κ1) is 13.9. The highest BCUT2D eigenvalue weighted by Crippen LogP contribution is 2.38. The van der Waals surface area contributed by atoms with Gasteiger partial charge in [0.2, 0.25) is 0 Å². The summed E-state index contributed by atoms with van der Waals surface area (Å²) >= 11 is 0. The molecule has 2 aromatic rings. The minimum atomic E-state index is 0.332. The molecule has 0 spiro atoms. The molecular weight excluding hydrogens is 260 g/mol. The van der Waals surface area contributed by atoms with Gasteiger partial charge in [0.1, 0.15) is 17.5 Å². The number of anilines is 2. The Morgan fingerprint density at radius 1 is 1.14 bits per heavy atom. The summed E-state index contributed by atoms with van der Waals surface area (Å²) in [6.45, 7) is 2.19. The van der Waals surface area contributed by atoms with Crippen LogP contribution in [0.25, 0.3) is 0 Å². The minimum Gasteiger partial charge on any atom is -0.373 e. The zero-order chi connectivity index (χ0) is 14.7. The summed E-state index contributed by atoms with van der Waals surface area (Å²) in [6.07, 6.45) is 3.41. The van der Waals surface area contributed by atoms with Crippen molar-refractivity contribution in [1.29, 1.82) is 0 Å². The molecule has 110 valence electrons. The van der Waals surface area contributed by atoms with Crippen LogP contribution in [-0.2, 0) is 6.42 Å². The molecule has 21 heavy (non-hydrogen) atoms. The van der Waals surface area contributed by atoms with Crippen molar-refractivity contribution in [2.75, 3.05) is 17.7 Å². The van der Waals surface area contributed by atoms with Crippen molar-refractivity contribution in [2.45, 2.75) is 38.1 Å². The minimum absolute atomic E-state index is 0.332. The zero-order valence-electron chi connectivity index (χ0n) is 12.6. The highest BCUT2D eigenvalue weighted by atomic mass is 15.1. The van der Waals surface area contributed by atoms with Crippen LogP contribution in [0.5, 0.6) is 0 Å². The van der Waals surface area contributed by atoms with Gasteiger partial charge in [0.15, 0.2) is 0 Å². The molecule has 1 fully saturated rings. The Bertz CT molecular complexity index is 593. The largest absolute Gasteiger partial charge is 0.373 e. The molecule has 4 heteroatoms. The second-order valence-corrected chi connectivity index (χ2v) is 5.76. The van der Waals surface area contributed by atoms with Gasteiger partial charge in [-0.05, 0) is 31.7 Å². The molecule has 0 saturated heterocycles. The third-order valence-electron chi connectivity index (χ3n) is 3.72. The lowest BCUT2D eigenvalue weighted by Crippen LogP contribution is -2.19. The summed E-state index contributed by atoms with van der Waals surface area (Å²) in [7, 11) is 1.90. The maximum Gasteiger partial charge on any atom is 0.136 e. The summed E-state index contributed by atoms with van der Waals surface area (Å²) in [5.41, 5.74) is 1.34. The van der Waals surface area contributed by atoms with E-state index >= 15 is 0 Å². The lowest BCUT2D eigenvalue weighted by molar-refractivity contribution is 0.779. The van der Waals surface area contributed by atoms with Gasteiger partial charge in [0.25, 0.3) is 0 Å². The first-order valence-electron chi connectivity index (χ1n) is 7.62. The van der Waals surface area contributed by atoms with Crippen LogP contribution in [-0.4, -0.2) is 23.1 Å². The fourth-order valence-corrected chi connectivity index (χ4v) is 2.46. The predicted octanol–water partition coefficient (Wildman–Crippen LogP) is 3.44. The highest BCUT2D eigenvalue weighted by molar-refractivity contribution is 5.48. The Hall–Kier alpha value is -2.10. The Morgan fingerprint density at radius 2 is 1.86 bits per heavy atom. The van der Waals surface area contributed by atoms with Crippen LogP contribution in [0.2, 0.25) is 0 Å². The molecule has 1 unspecified atom stereocenters. The second kappa shape index (κ2) is 6.12. The first-order valence-corrected chi connectivity index (χ1v) is 7.62. The van der Waals surface area contributed by atoms with Crippen molar-refractivity contribution in [2.24, 2.45) is 0 Å². The maximum atomic E-state index is 4.66. The molecule has 1 aromatic heterocycles. The summed E-state index contributed by atoms with van der Waals surface area (Å²) in [4.78, 5) is 9.21. The Morgan fingerprint density at radius 3 is 2.52 bits per heavy atom. The Labute approximate surface area is 126 Å². The fraction of sp³-hybridized carbons (Fsp3) is 0.412. The molecule has 0 aliphatic heterocycles. The number of nitrogens with zero attached hydrogens (tertiary/aromatic N) is 2. The lowest BCUT2D eigenvalue weighted by atomic mass is 10.1. The molecular formula is C17H22N4. The van der Waals surface area contributed by atoms with Gasteiger partial charge in [-0.15, -0.1) is 0 Å². The van der Waals surface area contributed by atoms with E-state index in [1.54, 1.807) is 0 Å². The number of rotatable bonds is 6. The SMILES string of the molecule is CNc1cc(NC(C)Cc2ccccc2)nc(C2CC2)n1. The smallest absolute Gasteiger partial charge is 0.136 e. The van der Waals surface area contributed by atoms with E-state index < -0.39 is 0 Å². The van der Waals surface area contributed by atoms with Crippen molar-refractivity contribution < 1.29 is 0 Å². The average Bonchev–Trinajstić information content (AvgIpc) is 3.32. The standard InChI is InChI=1S/C17H22N4/c1-12(10-13-6-4-3-5-7-13)19-16-11-15(18-2)20-17(21-16)14-8-9-14/h3-7,11-12,14H,8-10H2,1-2H3,(H2,18,19,20,21). The number of benzene rings is 1. The molecule has 2 N–H and O–H groups in total. The number of aromatic nitrogens is 2. The number of hydrogen-bond acceptors (Lipinski definition) is 4. The maximum absolute atomic E-state index is 4.66. The molecule has 1 aliphatic carbocycles. The molecule has 1 aliphatic rings. The monoisotopic (exact) mass is 282 g/mol. The van der Waals surface area contributed by atoms with E-state index in [0.717, 1.165) is 23.9 Å². The predicted molar refractivity (Wildman–Crippen MR) is 86.8 cm³/mol. The van der Waals surface area contributed by atoms with E-state index in [4.69, 9.17) is 0 Å². The van der Waals surface area contributed by atoms with Crippen molar-refractivity contribution in [1.82, 2.24) is 9.97 Å². The first-order chi connectivity index (χ1) is 10.2. The molecule has 1 aromatic carbocycles. The van der Waals surface area contributed by atoms with Crippen LogP contribution < -0.4 is 10.6 Å². The summed E-state index contributed by atoms with van der Waals surface area (Å²) < 4.78 is 0. The summed E-state index contributed by atoms with van der Waals surface area (Å²) in [6, 6.07) is 12.8. The van der Waals surface area contributed by atoms with Gasteiger partial charge in [-0.25, -0.2) is 9.97 Å². The summed E-state index contributed by atoms with van der Waals surface area (Å²) in [5, 5.41) is 6.62. The van der Waals surface area contributed by atoms with Crippen LogP contribution in [0, 0.1) is 0 Å². The topological polar surface area (TPSA) is 49.8 Å². The van der Waals surface area contributed by atoms with Gasteiger partial charge in [-0.1, -0.05) is 30.3 Å². The number of nitrogens with one attached hydrogen (secondary N) is 2. The lowest BCUT2D eigenvalue weighted by Gasteiger charge is -2.16. The normalized spacial score (nSPS) is 15.5. The fourth-order valence-electron chi connectivity index (χ4n) is 2.46. The Balaban J connectivity index is 1.70. The van der Waals surface area contributed by atoms with Crippen molar-refractivity contribution in [3.63, 3.8) is 0 Å². The quantitative estimate of drug-likeness (QED) is 0.852. The Kier molecular flexibility index (Phi) is 4.04. The van der Waals surface area contributed by atoms with Crippen LogP contribution in [0.15, 0.2) is 36.4 Å². The summed E-state index contributed by atoms with van der Waals surface area (Å²) in [5.74, 6) is 3.33. The van der Waals surface area contributed by atoms with E-state index in [9.17, 15) is 0 Å². The van der Waals surface area contributed by atoms with Crippen LogP contribution in [0.3, 0.4) is 0 Å². The van der Waals surface area contributed by atoms with Crippen LogP contribution in [0.4, 0.5) is 11.6 Å². The van der Waals surface area contributed by atoms with E-state index in [-0.39, 0.29) is 0 Å². The molecule has 1 saturated carbocycles. The molecule has 0 amide bonds. The molecule has 0 bridgehead atoms. The van der Waals surface area contributed by atoms with Gasteiger partial charge in [-0.2, -0.15) is 0 Å². The zero-order valence-corrected chi connectivity index (χ0v) is 12.6. The highest BCUT2D eigenvalue weighted by Gasteiger charge is 2.27. The van der Waals surface area contributed by atoms with E-state index in [1.165, 1.54) is 18.4 Å². The molecule has 3 rings (SSSR count). The van der Waals surface area contributed by atoms with E-state index in [2.05, 4.69) is 51.8 Å². The average molecular weight is 282 g/mol. The molecule has 1 heterocycles. The number of hydrogen-bond donors (Lipinski definition) is 2. The third-order valence-corrected chi connectivity index (χ3v) is 3.72. The van der Waals surface area contributed by atoms with Crippen molar-refractivity contribution in [3.8, 4) is 0 Å². The van der Waals surface area contributed by atoms with Crippen LogP contribution >= 0.6 is 0 Å².